The van der Waals surface area contributed by atoms with Crippen LogP contribution in [0.3, 0.4) is 0 Å². The number of thiazole rings is 1. The van der Waals surface area contributed by atoms with Crippen LogP contribution < -0.4 is 5.56 Å². The highest BCUT2D eigenvalue weighted by Crippen LogP contribution is 2.41. The van der Waals surface area contributed by atoms with Gasteiger partial charge in [0.05, 0.1) is 5.69 Å². The fourth-order valence-electron chi connectivity index (χ4n) is 1.55. The van der Waals surface area contributed by atoms with Crippen LogP contribution in [-0.4, -0.2) is 15.0 Å². The Morgan fingerprint density at radius 2 is 2.31 bits per heavy atom. The summed E-state index contributed by atoms with van der Waals surface area (Å²) >= 11 is 4.77. The predicted molar refractivity (Wildman–Crippen MR) is 65.6 cm³/mol. The molecule has 2 aromatic rings. The van der Waals surface area contributed by atoms with Crippen LogP contribution in [0.4, 0.5) is 0 Å². The highest BCUT2D eigenvalue weighted by molar-refractivity contribution is 9.10. The lowest BCUT2D eigenvalue weighted by atomic mass is 10.3. The highest BCUT2D eigenvalue weighted by Gasteiger charge is 2.29. The van der Waals surface area contributed by atoms with Gasteiger partial charge in [-0.05, 0) is 28.8 Å². The number of hydrogen-bond acceptors (Lipinski definition) is 4. The van der Waals surface area contributed by atoms with Crippen molar-refractivity contribution >= 4 is 27.3 Å². The summed E-state index contributed by atoms with van der Waals surface area (Å²) in [4.78, 5) is 23.1. The minimum atomic E-state index is -0.123. The Balaban J connectivity index is 2.17. The van der Waals surface area contributed by atoms with Crippen LogP contribution in [0.5, 0.6) is 0 Å². The zero-order valence-electron chi connectivity index (χ0n) is 8.24. The number of nitrogens with zero attached hydrogens (tertiary/aromatic N) is 2. The van der Waals surface area contributed by atoms with Gasteiger partial charge in [0.1, 0.15) is 4.47 Å². The Kier molecular flexibility index (Phi) is 2.40. The molecule has 82 valence electrons. The van der Waals surface area contributed by atoms with E-state index in [1.165, 1.54) is 11.3 Å². The Hall–Kier alpha value is -1.01. The fourth-order valence-corrected chi connectivity index (χ4v) is 2.64. The van der Waals surface area contributed by atoms with E-state index < -0.39 is 0 Å². The maximum atomic E-state index is 11.7. The van der Waals surface area contributed by atoms with Crippen molar-refractivity contribution in [3.63, 3.8) is 0 Å². The van der Waals surface area contributed by atoms with Crippen molar-refractivity contribution in [1.82, 2.24) is 15.0 Å². The molecule has 0 spiro atoms. The first-order chi connectivity index (χ1) is 7.75. The smallest absolute Gasteiger partial charge is 0.265 e. The second-order valence-electron chi connectivity index (χ2n) is 3.73. The van der Waals surface area contributed by atoms with Gasteiger partial charge in [0.15, 0.2) is 10.8 Å². The third-order valence-electron chi connectivity index (χ3n) is 2.49. The van der Waals surface area contributed by atoms with Crippen LogP contribution in [0.15, 0.2) is 20.8 Å². The first-order valence-corrected chi connectivity index (χ1v) is 6.62. The highest BCUT2D eigenvalue weighted by atomic mass is 79.9. The molecule has 0 atom stereocenters. The molecular weight excluding hydrogens is 290 g/mol. The maximum Gasteiger partial charge on any atom is 0.265 e. The van der Waals surface area contributed by atoms with E-state index in [-0.39, 0.29) is 5.56 Å². The number of H-pyrrole nitrogens is 1. The molecule has 0 bridgehead atoms. The number of rotatable bonds is 2. The van der Waals surface area contributed by atoms with Gasteiger partial charge >= 0.3 is 0 Å². The second-order valence-corrected chi connectivity index (χ2v) is 5.41. The molecule has 1 fully saturated rings. The van der Waals surface area contributed by atoms with Gasteiger partial charge in [0.2, 0.25) is 0 Å². The summed E-state index contributed by atoms with van der Waals surface area (Å²) in [5.74, 6) is 1.01. The monoisotopic (exact) mass is 297 g/mol. The van der Waals surface area contributed by atoms with Gasteiger partial charge < -0.3 is 4.98 Å². The summed E-state index contributed by atoms with van der Waals surface area (Å²) in [5, 5.41) is 2.63. The Bertz CT molecular complexity index is 574. The maximum absolute atomic E-state index is 11.7. The summed E-state index contributed by atoms with van der Waals surface area (Å²) < 4.78 is 0.565. The molecule has 1 aliphatic rings. The van der Waals surface area contributed by atoms with E-state index in [1.54, 1.807) is 6.20 Å². The number of aromatic amines is 1. The minimum absolute atomic E-state index is 0.123. The molecule has 0 unspecified atom stereocenters. The van der Waals surface area contributed by atoms with Gasteiger partial charge in [-0.15, -0.1) is 11.3 Å². The third kappa shape index (κ3) is 1.72. The van der Waals surface area contributed by atoms with Gasteiger partial charge in [-0.3, -0.25) is 4.79 Å². The van der Waals surface area contributed by atoms with Gasteiger partial charge in [0, 0.05) is 17.5 Å². The van der Waals surface area contributed by atoms with Gasteiger partial charge in [-0.1, -0.05) is 0 Å². The molecule has 0 aromatic carbocycles. The normalized spacial score (nSPS) is 15.3. The summed E-state index contributed by atoms with van der Waals surface area (Å²) in [7, 11) is 0. The van der Waals surface area contributed by atoms with E-state index in [0.717, 1.165) is 23.5 Å². The lowest BCUT2D eigenvalue weighted by Gasteiger charge is -2.03. The van der Waals surface area contributed by atoms with Gasteiger partial charge in [0.25, 0.3) is 5.56 Å². The van der Waals surface area contributed by atoms with Crippen LogP contribution in [0.2, 0.25) is 0 Å². The van der Waals surface area contributed by atoms with Crippen molar-refractivity contribution in [2.24, 2.45) is 0 Å². The van der Waals surface area contributed by atoms with E-state index in [1.807, 2.05) is 5.38 Å². The van der Waals surface area contributed by atoms with Crippen LogP contribution in [0.25, 0.3) is 10.8 Å². The summed E-state index contributed by atoms with van der Waals surface area (Å²) in [6, 6.07) is 0. The van der Waals surface area contributed by atoms with E-state index in [0.29, 0.717) is 16.2 Å². The van der Waals surface area contributed by atoms with E-state index in [4.69, 9.17) is 0 Å². The molecule has 4 nitrogen and oxygen atoms in total. The Labute approximate surface area is 104 Å². The first kappa shape index (κ1) is 10.2. The molecule has 2 aromatic heterocycles. The molecule has 0 saturated heterocycles. The predicted octanol–water partition coefficient (Wildman–Crippen LogP) is 2.53. The molecule has 1 N–H and O–H groups in total. The zero-order chi connectivity index (χ0) is 11.1. The van der Waals surface area contributed by atoms with Crippen LogP contribution in [-0.2, 0) is 0 Å². The molecule has 0 amide bonds. The van der Waals surface area contributed by atoms with Crippen molar-refractivity contribution in [3.8, 4) is 10.8 Å². The molecule has 3 rings (SSSR count). The minimum Gasteiger partial charge on any atom is -0.304 e. The van der Waals surface area contributed by atoms with Gasteiger partial charge in [-0.25, -0.2) is 9.97 Å². The molecule has 1 aliphatic carbocycles. The summed E-state index contributed by atoms with van der Waals surface area (Å²) in [6.07, 6.45) is 3.94. The van der Waals surface area contributed by atoms with Crippen LogP contribution in [0.1, 0.15) is 24.5 Å². The van der Waals surface area contributed by atoms with E-state index in [9.17, 15) is 4.79 Å². The first-order valence-electron chi connectivity index (χ1n) is 4.95. The topological polar surface area (TPSA) is 58.6 Å². The lowest BCUT2D eigenvalue weighted by Crippen LogP contribution is -2.13. The SMILES string of the molecule is O=c1[nH]c(-c2nccs2)nc(C2CC2)c1Br. The standard InChI is InChI=1S/C10H8BrN3OS/c11-6-7(5-1-2-5)13-8(14-9(6)15)10-12-3-4-16-10/h3-5H,1-2H2,(H,13,14,15). The van der Waals surface area contributed by atoms with Crippen LogP contribution >= 0.6 is 27.3 Å². The number of nitrogens with one attached hydrogen (secondary N) is 1. The van der Waals surface area contributed by atoms with Gasteiger partial charge in [-0.2, -0.15) is 0 Å². The average molecular weight is 298 g/mol. The number of aromatic nitrogens is 3. The third-order valence-corrected chi connectivity index (χ3v) is 4.03. The molecular formula is C10H8BrN3OS. The van der Waals surface area contributed by atoms with E-state index in [2.05, 4.69) is 30.9 Å². The molecule has 2 heterocycles. The number of hydrogen-bond donors (Lipinski definition) is 1. The molecule has 6 heteroatoms. The Morgan fingerprint density at radius 1 is 1.50 bits per heavy atom. The lowest BCUT2D eigenvalue weighted by molar-refractivity contribution is 0.958. The zero-order valence-corrected chi connectivity index (χ0v) is 10.6. The summed E-state index contributed by atoms with van der Waals surface area (Å²) in [5.41, 5.74) is 0.746. The van der Waals surface area contributed by atoms with Crippen molar-refractivity contribution in [2.45, 2.75) is 18.8 Å². The molecule has 0 radical (unpaired) electrons. The number of halogens is 1. The Morgan fingerprint density at radius 3 is 2.94 bits per heavy atom. The quantitative estimate of drug-likeness (QED) is 0.927. The second kappa shape index (κ2) is 3.78. The molecule has 1 saturated carbocycles. The average Bonchev–Trinajstić information content (AvgIpc) is 2.96. The van der Waals surface area contributed by atoms with Crippen molar-refractivity contribution < 1.29 is 0 Å². The van der Waals surface area contributed by atoms with Crippen molar-refractivity contribution in [1.29, 1.82) is 0 Å². The summed E-state index contributed by atoms with van der Waals surface area (Å²) in [6.45, 7) is 0. The largest absolute Gasteiger partial charge is 0.304 e. The van der Waals surface area contributed by atoms with Crippen LogP contribution in [0, 0.1) is 0 Å². The van der Waals surface area contributed by atoms with E-state index >= 15 is 0 Å². The van der Waals surface area contributed by atoms with Crippen molar-refractivity contribution in [3.05, 3.63) is 32.1 Å². The molecule has 16 heavy (non-hydrogen) atoms. The fraction of sp³-hybridized carbons (Fsp3) is 0.300. The molecule has 0 aliphatic heterocycles. The van der Waals surface area contributed by atoms with Crippen molar-refractivity contribution in [2.75, 3.05) is 0 Å².